The number of hydrogen-bond acceptors (Lipinski definition) is 1. The minimum absolute atomic E-state index is 0.153. The second-order valence-corrected chi connectivity index (χ2v) is 8.48. The zero-order valence-corrected chi connectivity index (χ0v) is 17.4. The van der Waals surface area contributed by atoms with Crippen LogP contribution in [0.5, 0.6) is 0 Å². The molecule has 0 spiro atoms. The van der Waals surface area contributed by atoms with Crippen molar-refractivity contribution in [2.75, 3.05) is 13.6 Å². The van der Waals surface area contributed by atoms with E-state index in [-0.39, 0.29) is 6.04 Å². The molecular weight excluding hydrogens is 340 g/mol. The second-order valence-electron chi connectivity index (χ2n) is 8.48. The maximum Gasteiger partial charge on any atom is 0.103 e. The Morgan fingerprint density at radius 3 is 1.79 bits per heavy atom. The molecule has 1 aliphatic heterocycles. The fraction of sp³-hybridized carbons (Fsp3) is 0.500. The van der Waals surface area contributed by atoms with E-state index in [9.17, 15) is 0 Å². The average molecular weight is 375 g/mol. The third kappa shape index (κ3) is 4.32. The highest BCUT2D eigenvalue weighted by molar-refractivity contribution is 5.85. The quantitative estimate of drug-likeness (QED) is 0.524. The normalized spacial score (nSPS) is 20.8. The highest BCUT2D eigenvalue weighted by Gasteiger charge is 2.28. The molecule has 2 heteroatoms. The van der Waals surface area contributed by atoms with E-state index in [0.29, 0.717) is 0 Å². The summed E-state index contributed by atoms with van der Waals surface area (Å²) >= 11 is 0. The van der Waals surface area contributed by atoms with Gasteiger partial charge in [-0.05, 0) is 35.1 Å². The first-order valence-corrected chi connectivity index (χ1v) is 11.3. The van der Waals surface area contributed by atoms with Crippen LogP contribution < -0.4 is 0 Å². The predicted octanol–water partition coefficient (Wildman–Crippen LogP) is 7.00. The number of hydrogen-bond donors (Lipinski definition) is 0. The van der Waals surface area contributed by atoms with Crippen LogP contribution in [0.1, 0.15) is 81.4 Å². The summed E-state index contributed by atoms with van der Waals surface area (Å²) in [5.41, 5.74) is 5.46. The Balaban J connectivity index is 1.62. The molecule has 4 rings (SSSR count). The van der Waals surface area contributed by atoms with Crippen LogP contribution in [-0.2, 0) is 0 Å². The third-order valence-electron chi connectivity index (χ3n) is 6.41. The van der Waals surface area contributed by atoms with E-state index in [0.717, 1.165) is 13.0 Å². The molecule has 0 N–H and O–H groups in total. The lowest BCUT2D eigenvalue weighted by atomic mass is 10.1. The Morgan fingerprint density at radius 1 is 0.679 bits per heavy atom. The van der Waals surface area contributed by atoms with Gasteiger partial charge in [0.15, 0.2) is 0 Å². The monoisotopic (exact) mass is 374 g/mol. The lowest BCUT2D eigenvalue weighted by molar-refractivity contribution is 0.455. The zero-order valence-electron chi connectivity index (χ0n) is 17.4. The molecule has 2 nitrogen and oxygen atoms in total. The molecule has 1 heterocycles. The zero-order chi connectivity index (χ0) is 19.2. The van der Waals surface area contributed by atoms with Crippen LogP contribution in [0.15, 0.2) is 53.5 Å². The molecule has 2 aliphatic rings. The summed E-state index contributed by atoms with van der Waals surface area (Å²) < 4.78 is 0. The van der Waals surface area contributed by atoms with Crippen molar-refractivity contribution in [1.82, 2.24) is 4.90 Å². The number of aliphatic imine (C=N–C) groups is 1. The maximum atomic E-state index is 5.39. The standard InChI is InChI=1S/C26H34N2/c1-28-20-14-8-6-4-2-3-5-7-9-19-25(28)27-26-23-17-12-10-15-21(23)22-16-11-13-18-24(22)26/h10-13,15-18,26H,2-9,14,19-20H2,1H3. The van der Waals surface area contributed by atoms with E-state index in [1.165, 1.54) is 85.9 Å². The van der Waals surface area contributed by atoms with Crippen molar-refractivity contribution >= 4 is 5.84 Å². The number of fused-ring (bicyclic) bond motifs is 3. The molecule has 0 amide bonds. The molecule has 1 aliphatic carbocycles. The Labute approximate surface area is 170 Å². The SMILES string of the molecule is CN1CCCCCCCCCCCC1=NC1c2ccccc2-c2ccccc21. The van der Waals surface area contributed by atoms with Crippen molar-refractivity contribution in [3.8, 4) is 11.1 Å². The summed E-state index contributed by atoms with van der Waals surface area (Å²) in [5, 5.41) is 0. The number of rotatable bonds is 1. The van der Waals surface area contributed by atoms with E-state index < -0.39 is 0 Å². The molecule has 0 aromatic heterocycles. The number of nitrogens with zero attached hydrogens (tertiary/aromatic N) is 2. The molecule has 1 saturated heterocycles. The van der Waals surface area contributed by atoms with E-state index in [4.69, 9.17) is 4.99 Å². The molecule has 2 aromatic rings. The van der Waals surface area contributed by atoms with E-state index in [2.05, 4.69) is 60.5 Å². The van der Waals surface area contributed by atoms with E-state index in [1.54, 1.807) is 0 Å². The summed E-state index contributed by atoms with van der Waals surface area (Å²) in [5.74, 6) is 1.30. The smallest absolute Gasteiger partial charge is 0.103 e. The summed E-state index contributed by atoms with van der Waals surface area (Å²) in [6.07, 6.45) is 13.4. The van der Waals surface area contributed by atoms with Gasteiger partial charge >= 0.3 is 0 Å². The fourth-order valence-corrected chi connectivity index (χ4v) is 4.77. The Bertz CT molecular complexity index is 762. The highest BCUT2D eigenvalue weighted by atomic mass is 15.2. The molecule has 1 fully saturated rings. The number of benzene rings is 2. The van der Waals surface area contributed by atoms with Gasteiger partial charge < -0.3 is 4.90 Å². The van der Waals surface area contributed by atoms with Gasteiger partial charge in [-0.25, -0.2) is 0 Å². The molecule has 0 bridgehead atoms. The van der Waals surface area contributed by atoms with Gasteiger partial charge in [0, 0.05) is 20.0 Å². The Kier molecular flexibility index (Phi) is 6.46. The minimum atomic E-state index is 0.153. The first kappa shape index (κ1) is 19.2. The van der Waals surface area contributed by atoms with Crippen LogP contribution in [0.2, 0.25) is 0 Å². The minimum Gasteiger partial charge on any atom is -0.363 e. The van der Waals surface area contributed by atoms with Crippen LogP contribution in [0.3, 0.4) is 0 Å². The second kappa shape index (κ2) is 9.41. The predicted molar refractivity (Wildman–Crippen MR) is 120 cm³/mol. The third-order valence-corrected chi connectivity index (χ3v) is 6.41. The van der Waals surface area contributed by atoms with Gasteiger partial charge in [-0.2, -0.15) is 0 Å². The van der Waals surface area contributed by atoms with Crippen molar-refractivity contribution in [3.63, 3.8) is 0 Å². The topological polar surface area (TPSA) is 15.6 Å². The molecule has 28 heavy (non-hydrogen) atoms. The first-order valence-electron chi connectivity index (χ1n) is 11.3. The molecule has 2 aromatic carbocycles. The molecular formula is C26H34N2. The van der Waals surface area contributed by atoms with E-state index >= 15 is 0 Å². The van der Waals surface area contributed by atoms with Crippen LogP contribution in [0, 0.1) is 0 Å². The summed E-state index contributed by atoms with van der Waals surface area (Å²) in [6, 6.07) is 17.8. The summed E-state index contributed by atoms with van der Waals surface area (Å²) in [6.45, 7) is 1.13. The van der Waals surface area contributed by atoms with Gasteiger partial charge in [-0.3, -0.25) is 4.99 Å². The van der Waals surface area contributed by atoms with Crippen LogP contribution >= 0.6 is 0 Å². The molecule has 148 valence electrons. The highest BCUT2D eigenvalue weighted by Crippen LogP contribution is 2.45. The summed E-state index contributed by atoms with van der Waals surface area (Å²) in [4.78, 5) is 7.84. The van der Waals surface area contributed by atoms with Gasteiger partial charge in [0.2, 0.25) is 0 Å². The summed E-state index contributed by atoms with van der Waals surface area (Å²) in [7, 11) is 2.26. The van der Waals surface area contributed by atoms with Gasteiger partial charge in [0.05, 0.1) is 5.84 Å². The largest absolute Gasteiger partial charge is 0.363 e. The lowest BCUT2D eigenvalue weighted by Gasteiger charge is -2.23. The van der Waals surface area contributed by atoms with E-state index in [1.807, 2.05) is 0 Å². The fourth-order valence-electron chi connectivity index (χ4n) is 4.77. The van der Waals surface area contributed by atoms with Crippen LogP contribution in [0.4, 0.5) is 0 Å². The van der Waals surface area contributed by atoms with Crippen molar-refractivity contribution < 1.29 is 0 Å². The maximum absolute atomic E-state index is 5.39. The number of amidine groups is 1. The van der Waals surface area contributed by atoms with Gasteiger partial charge in [-0.15, -0.1) is 0 Å². The first-order chi connectivity index (χ1) is 13.8. The molecule has 0 atom stereocenters. The molecule has 0 saturated carbocycles. The van der Waals surface area contributed by atoms with Gasteiger partial charge in [-0.1, -0.05) is 93.5 Å². The van der Waals surface area contributed by atoms with Gasteiger partial charge in [0.25, 0.3) is 0 Å². The van der Waals surface area contributed by atoms with Crippen molar-refractivity contribution in [1.29, 1.82) is 0 Å². The van der Waals surface area contributed by atoms with Gasteiger partial charge in [0.1, 0.15) is 6.04 Å². The van der Waals surface area contributed by atoms with Crippen LogP contribution in [0.25, 0.3) is 11.1 Å². The van der Waals surface area contributed by atoms with Crippen LogP contribution in [-0.4, -0.2) is 24.3 Å². The molecule has 0 radical (unpaired) electrons. The van der Waals surface area contributed by atoms with Crippen molar-refractivity contribution in [3.05, 3.63) is 59.7 Å². The lowest BCUT2D eigenvalue weighted by Crippen LogP contribution is -2.28. The molecule has 0 unspecified atom stereocenters. The average Bonchev–Trinajstić information content (AvgIpc) is 3.05. The Morgan fingerprint density at radius 2 is 1.18 bits per heavy atom. The Hall–Kier alpha value is -2.09. The van der Waals surface area contributed by atoms with Crippen molar-refractivity contribution in [2.24, 2.45) is 4.99 Å². The van der Waals surface area contributed by atoms with Crippen molar-refractivity contribution in [2.45, 2.75) is 70.3 Å².